The highest BCUT2D eigenvalue weighted by Crippen LogP contribution is 2.51. The van der Waals surface area contributed by atoms with Crippen molar-refractivity contribution in [3.63, 3.8) is 0 Å². The molecule has 0 amide bonds. The number of nitrogens with zero attached hydrogens (tertiary/aromatic N) is 1. The zero-order valence-electron chi connectivity index (χ0n) is 11.7. The summed E-state index contributed by atoms with van der Waals surface area (Å²) in [5.74, 6) is 2.10. The van der Waals surface area contributed by atoms with Gasteiger partial charge < -0.3 is 15.8 Å². The van der Waals surface area contributed by atoms with E-state index in [0.717, 1.165) is 18.3 Å². The molecule has 1 atom stereocenters. The Balaban J connectivity index is 1.96. The second-order valence-electron chi connectivity index (χ2n) is 6.03. The molecule has 0 saturated heterocycles. The highest BCUT2D eigenvalue weighted by atomic mass is 16.5. The molecule has 0 radical (unpaired) electrons. The molecule has 1 fully saturated rings. The molecule has 4 heteroatoms. The molecule has 1 aromatic heterocycles. The third-order valence-corrected chi connectivity index (χ3v) is 3.48. The van der Waals surface area contributed by atoms with Crippen molar-refractivity contribution in [2.45, 2.75) is 40.2 Å². The van der Waals surface area contributed by atoms with Crippen LogP contribution in [-0.2, 0) is 0 Å². The van der Waals surface area contributed by atoms with Gasteiger partial charge in [0, 0.05) is 6.54 Å². The van der Waals surface area contributed by atoms with Gasteiger partial charge in [-0.15, -0.1) is 0 Å². The zero-order valence-corrected chi connectivity index (χ0v) is 11.7. The van der Waals surface area contributed by atoms with E-state index in [0.29, 0.717) is 17.0 Å². The third-order valence-electron chi connectivity index (χ3n) is 3.48. The molecule has 3 N–H and O–H groups in total. The van der Waals surface area contributed by atoms with Crippen LogP contribution in [-0.4, -0.2) is 17.6 Å². The monoisotopic (exact) mass is 249 g/mol. The fraction of sp³-hybridized carbons (Fsp3) is 0.643. The van der Waals surface area contributed by atoms with Crippen LogP contribution >= 0.6 is 0 Å². The second kappa shape index (κ2) is 4.67. The van der Waals surface area contributed by atoms with E-state index >= 15 is 0 Å². The van der Waals surface area contributed by atoms with Gasteiger partial charge in [-0.1, -0.05) is 13.8 Å². The molecular formula is C14H23N3O. The lowest BCUT2D eigenvalue weighted by Gasteiger charge is -2.13. The van der Waals surface area contributed by atoms with Gasteiger partial charge in [0.25, 0.3) is 0 Å². The van der Waals surface area contributed by atoms with Crippen LogP contribution in [0.1, 0.15) is 34.1 Å². The minimum Gasteiger partial charge on any atom is -0.473 e. The first kappa shape index (κ1) is 13.0. The normalized spacial score (nSPS) is 20.8. The van der Waals surface area contributed by atoms with E-state index in [4.69, 9.17) is 10.5 Å². The van der Waals surface area contributed by atoms with E-state index in [2.05, 4.69) is 24.1 Å². The number of anilines is 2. The molecular weight excluding hydrogens is 226 g/mol. The SMILES string of the molecule is CC(C)Oc1nc(NCC2CC2(C)C)ccc1N. The molecule has 1 aliphatic carbocycles. The topological polar surface area (TPSA) is 60.2 Å². The molecule has 1 unspecified atom stereocenters. The molecule has 100 valence electrons. The predicted octanol–water partition coefficient (Wildman–Crippen LogP) is 2.91. The minimum atomic E-state index is 0.0809. The van der Waals surface area contributed by atoms with Crippen LogP contribution in [0.3, 0.4) is 0 Å². The summed E-state index contributed by atoms with van der Waals surface area (Å²) in [6.45, 7) is 9.49. The molecule has 1 aromatic rings. The highest BCUT2D eigenvalue weighted by molar-refractivity contribution is 5.53. The zero-order chi connectivity index (χ0) is 13.3. The van der Waals surface area contributed by atoms with Gasteiger partial charge in [-0.2, -0.15) is 4.98 Å². The summed E-state index contributed by atoms with van der Waals surface area (Å²) < 4.78 is 5.57. The van der Waals surface area contributed by atoms with Crippen molar-refractivity contribution >= 4 is 11.5 Å². The van der Waals surface area contributed by atoms with Gasteiger partial charge in [0.05, 0.1) is 11.8 Å². The Kier molecular flexibility index (Phi) is 3.37. The Morgan fingerprint density at radius 3 is 2.72 bits per heavy atom. The Morgan fingerprint density at radius 1 is 1.50 bits per heavy atom. The van der Waals surface area contributed by atoms with Gasteiger partial charge in [0.2, 0.25) is 5.88 Å². The molecule has 2 rings (SSSR count). The molecule has 0 spiro atoms. The van der Waals surface area contributed by atoms with Crippen LogP contribution in [0.15, 0.2) is 12.1 Å². The average Bonchev–Trinajstić information content (AvgIpc) is 2.87. The largest absolute Gasteiger partial charge is 0.473 e. The molecule has 18 heavy (non-hydrogen) atoms. The van der Waals surface area contributed by atoms with Gasteiger partial charge in [-0.25, -0.2) is 0 Å². The number of nitrogen functional groups attached to an aromatic ring is 1. The predicted molar refractivity (Wildman–Crippen MR) is 74.8 cm³/mol. The quantitative estimate of drug-likeness (QED) is 0.842. The lowest BCUT2D eigenvalue weighted by atomic mass is 10.1. The second-order valence-corrected chi connectivity index (χ2v) is 6.03. The molecule has 0 aliphatic heterocycles. The smallest absolute Gasteiger partial charge is 0.239 e. The number of aromatic nitrogens is 1. The van der Waals surface area contributed by atoms with Crippen molar-refractivity contribution in [2.75, 3.05) is 17.6 Å². The molecule has 0 bridgehead atoms. The summed E-state index contributed by atoms with van der Waals surface area (Å²) in [5.41, 5.74) is 6.90. The average molecular weight is 249 g/mol. The summed E-state index contributed by atoms with van der Waals surface area (Å²) in [4.78, 5) is 4.40. The van der Waals surface area contributed by atoms with E-state index in [-0.39, 0.29) is 6.10 Å². The summed E-state index contributed by atoms with van der Waals surface area (Å²) in [6.07, 6.45) is 1.36. The van der Waals surface area contributed by atoms with Crippen molar-refractivity contribution in [1.82, 2.24) is 4.98 Å². The third kappa shape index (κ3) is 3.06. The van der Waals surface area contributed by atoms with Crippen molar-refractivity contribution in [2.24, 2.45) is 11.3 Å². The summed E-state index contributed by atoms with van der Waals surface area (Å²) in [6, 6.07) is 3.74. The van der Waals surface area contributed by atoms with Crippen LogP contribution in [0.2, 0.25) is 0 Å². The molecule has 0 aromatic carbocycles. The number of nitrogens with one attached hydrogen (secondary N) is 1. The Hall–Kier alpha value is -1.45. The number of rotatable bonds is 5. The van der Waals surface area contributed by atoms with E-state index in [1.54, 1.807) is 0 Å². The number of nitrogens with two attached hydrogens (primary N) is 1. The maximum atomic E-state index is 5.83. The van der Waals surface area contributed by atoms with Crippen LogP contribution in [0.4, 0.5) is 11.5 Å². The van der Waals surface area contributed by atoms with Crippen molar-refractivity contribution in [3.05, 3.63) is 12.1 Å². The number of pyridine rings is 1. The van der Waals surface area contributed by atoms with Crippen molar-refractivity contribution in [1.29, 1.82) is 0 Å². The molecule has 1 saturated carbocycles. The Morgan fingerprint density at radius 2 is 2.17 bits per heavy atom. The summed E-state index contributed by atoms with van der Waals surface area (Å²) in [5, 5.41) is 3.36. The Bertz CT molecular complexity index is 429. The first-order chi connectivity index (χ1) is 8.38. The number of hydrogen-bond acceptors (Lipinski definition) is 4. The van der Waals surface area contributed by atoms with E-state index in [1.807, 2.05) is 26.0 Å². The lowest BCUT2D eigenvalue weighted by molar-refractivity contribution is 0.234. The van der Waals surface area contributed by atoms with E-state index in [9.17, 15) is 0 Å². The first-order valence-corrected chi connectivity index (χ1v) is 6.55. The van der Waals surface area contributed by atoms with Crippen molar-refractivity contribution < 1.29 is 4.74 Å². The van der Waals surface area contributed by atoms with Crippen LogP contribution in [0.25, 0.3) is 0 Å². The number of hydrogen-bond donors (Lipinski definition) is 2. The first-order valence-electron chi connectivity index (χ1n) is 6.55. The summed E-state index contributed by atoms with van der Waals surface area (Å²) >= 11 is 0. The van der Waals surface area contributed by atoms with E-state index < -0.39 is 0 Å². The van der Waals surface area contributed by atoms with Crippen molar-refractivity contribution in [3.8, 4) is 5.88 Å². The number of ether oxygens (including phenoxy) is 1. The fourth-order valence-electron chi connectivity index (χ4n) is 2.02. The van der Waals surface area contributed by atoms with Gasteiger partial charge in [-0.3, -0.25) is 0 Å². The maximum Gasteiger partial charge on any atom is 0.239 e. The maximum absolute atomic E-state index is 5.83. The highest BCUT2D eigenvalue weighted by Gasteiger charge is 2.44. The fourth-order valence-corrected chi connectivity index (χ4v) is 2.02. The van der Waals surface area contributed by atoms with Crippen LogP contribution in [0, 0.1) is 11.3 Å². The van der Waals surface area contributed by atoms with Gasteiger partial charge in [0.1, 0.15) is 5.82 Å². The lowest BCUT2D eigenvalue weighted by Crippen LogP contribution is -2.12. The van der Waals surface area contributed by atoms with Crippen LogP contribution < -0.4 is 15.8 Å². The van der Waals surface area contributed by atoms with Gasteiger partial charge >= 0.3 is 0 Å². The van der Waals surface area contributed by atoms with Crippen LogP contribution in [0.5, 0.6) is 5.88 Å². The minimum absolute atomic E-state index is 0.0809. The molecule has 4 nitrogen and oxygen atoms in total. The molecule has 1 heterocycles. The van der Waals surface area contributed by atoms with E-state index in [1.165, 1.54) is 6.42 Å². The van der Waals surface area contributed by atoms with Gasteiger partial charge in [-0.05, 0) is 43.7 Å². The Labute approximate surface area is 109 Å². The standard InChI is InChI=1S/C14H23N3O/c1-9(2)18-13-11(15)5-6-12(17-13)16-8-10-7-14(10,3)4/h5-6,9-10H,7-8,15H2,1-4H3,(H,16,17). The van der Waals surface area contributed by atoms with Gasteiger partial charge in [0.15, 0.2) is 0 Å². The summed E-state index contributed by atoms with van der Waals surface area (Å²) in [7, 11) is 0. The molecule has 1 aliphatic rings.